The largest absolute Gasteiger partial charge is 0.454 e. The molecule has 5 nitrogen and oxygen atoms in total. The van der Waals surface area contributed by atoms with E-state index in [1.165, 1.54) is 19.4 Å². The van der Waals surface area contributed by atoms with Crippen LogP contribution in [0.4, 0.5) is 0 Å². The molecular formula is C19H28N2O3. The SMILES string of the molecule is CC(C)N1CCCC(CNC(=O)CCc2ccc3c(c2)OCO3)C1. The van der Waals surface area contributed by atoms with Crippen molar-refractivity contribution in [1.82, 2.24) is 10.2 Å². The van der Waals surface area contributed by atoms with Crippen molar-refractivity contribution in [2.45, 2.75) is 45.6 Å². The summed E-state index contributed by atoms with van der Waals surface area (Å²) in [5.41, 5.74) is 1.11. The van der Waals surface area contributed by atoms with Gasteiger partial charge in [0.05, 0.1) is 0 Å². The highest BCUT2D eigenvalue weighted by molar-refractivity contribution is 5.76. The minimum atomic E-state index is 0.134. The molecule has 1 aromatic carbocycles. The lowest BCUT2D eigenvalue weighted by Gasteiger charge is -2.35. The van der Waals surface area contributed by atoms with E-state index in [2.05, 4.69) is 24.1 Å². The number of amides is 1. The number of carbonyl (C=O) groups is 1. The van der Waals surface area contributed by atoms with Crippen LogP contribution in [0.1, 0.15) is 38.7 Å². The third-order valence-electron chi connectivity index (χ3n) is 4.95. The van der Waals surface area contributed by atoms with E-state index in [4.69, 9.17) is 9.47 Å². The second-order valence-electron chi connectivity index (χ2n) is 7.09. The molecule has 5 heteroatoms. The van der Waals surface area contributed by atoms with Crippen LogP contribution in [0, 0.1) is 5.92 Å². The molecule has 1 atom stereocenters. The number of benzene rings is 1. The van der Waals surface area contributed by atoms with E-state index in [0.717, 1.165) is 36.6 Å². The summed E-state index contributed by atoms with van der Waals surface area (Å²) in [6.45, 7) is 7.85. The molecule has 0 aliphatic carbocycles. The van der Waals surface area contributed by atoms with Gasteiger partial charge in [0.25, 0.3) is 0 Å². The van der Waals surface area contributed by atoms with Crippen LogP contribution in [0.3, 0.4) is 0 Å². The van der Waals surface area contributed by atoms with Crippen LogP contribution >= 0.6 is 0 Å². The summed E-state index contributed by atoms with van der Waals surface area (Å²) in [6, 6.07) is 6.48. The number of hydrogen-bond donors (Lipinski definition) is 1. The van der Waals surface area contributed by atoms with Crippen molar-refractivity contribution in [2.75, 3.05) is 26.4 Å². The predicted octanol–water partition coefficient (Wildman–Crippen LogP) is 2.58. The van der Waals surface area contributed by atoms with Crippen LogP contribution in [0.25, 0.3) is 0 Å². The number of hydrogen-bond acceptors (Lipinski definition) is 4. The van der Waals surface area contributed by atoms with Gasteiger partial charge >= 0.3 is 0 Å². The maximum absolute atomic E-state index is 12.1. The van der Waals surface area contributed by atoms with Crippen molar-refractivity contribution in [3.8, 4) is 11.5 Å². The molecule has 2 heterocycles. The van der Waals surface area contributed by atoms with E-state index in [1.807, 2.05) is 18.2 Å². The molecule has 1 unspecified atom stereocenters. The summed E-state index contributed by atoms with van der Waals surface area (Å²) in [7, 11) is 0. The van der Waals surface area contributed by atoms with Gasteiger partial charge in [-0.1, -0.05) is 6.07 Å². The first-order valence-corrected chi connectivity index (χ1v) is 9.01. The number of nitrogens with one attached hydrogen (secondary N) is 1. The van der Waals surface area contributed by atoms with Crippen molar-refractivity contribution in [1.29, 1.82) is 0 Å². The number of piperidine rings is 1. The Bertz CT molecular complexity index is 574. The first-order valence-electron chi connectivity index (χ1n) is 9.01. The molecule has 2 aliphatic heterocycles. The molecule has 0 spiro atoms. The number of rotatable bonds is 6. The molecule has 0 bridgehead atoms. The van der Waals surface area contributed by atoms with Crippen LogP contribution in [-0.2, 0) is 11.2 Å². The van der Waals surface area contributed by atoms with Gasteiger partial charge in [0.15, 0.2) is 11.5 Å². The highest BCUT2D eigenvalue weighted by Crippen LogP contribution is 2.32. The average Bonchev–Trinajstić information content (AvgIpc) is 3.06. The van der Waals surface area contributed by atoms with E-state index >= 15 is 0 Å². The summed E-state index contributed by atoms with van der Waals surface area (Å²) in [5, 5.41) is 3.11. The van der Waals surface area contributed by atoms with Gasteiger partial charge < -0.3 is 19.7 Å². The number of nitrogens with zero attached hydrogens (tertiary/aromatic N) is 1. The predicted molar refractivity (Wildman–Crippen MR) is 93.3 cm³/mol. The van der Waals surface area contributed by atoms with Crippen molar-refractivity contribution in [3.05, 3.63) is 23.8 Å². The van der Waals surface area contributed by atoms with Gasteiger partial charge in [-0.3, -0.25) is 4.79 Å². The van der Waals surface area contributed by atoms with Gasteiger partial charge in [-0.05, 0) is 63.3 Å². The lowest BCUT2D eigenvalue weighted by molar-refractivity contribution is -0.121. The van der Waals surface area contributed by atoms with Crippen LogP contribution in [0.15, 0.2) is 18.2 Å². The lowest BCUT2D eigenvalue weighted by atomic mass is 9.97. The number of carbonyl (C=O) groups excluding carboxylic acids is 1. The van der Waals surface area contributed by atoms with E-state index in [-0.39, 0.29) is 12.7 Å². The Kier molecular flexibility index (Phi) is 5.61. The monoisotopic (exact) mass is 332 g/mol. The zero-order valence-electron chi connectivity index (χ0n) is 14.7. The summed E-state index contributed by atoms with van der Waals surface area (Å²) in [5.74, 6) is 2.28. The molecule has 1 fully saturated rings. The maximum Gasteiger partial charge on any atom is 0.231 e. The summed E-state index contributed by atoms with van der Waals surface area (Å²) in [6.07, 6.45) is 3.69. The fraction of sp³-hybridized carbons (Fsp3) is 0.632. The smallest absolute Gasteiger partial charge is 0.231 e. The zero-order chi connectivity index (χ0) is 16.9. The highest BCUT2D eigenvalue weighted by atomic mass is 16.7. The standard InChI is InChI=1S/C19H28N2O3/c1-14(2)21-9-3-4-16(12-21)11-20-19(22)8-6-15-5-7-17-18(10-15)24-13-23-17/h5,7,10,14,16H,3-4,6,8-9,11-13H2,1-2H3,(H,20,22). The van der Waals surface area contributed by atoms with Crippen molar-refractivity contribution < 1.29 is 14.3 Å². The van der Waals surface area contributed by atoms with Crippen LogP contribution < -0.4 is 14.8 Å². The van der Waals surface area contributed by atoms with Crippen molar-refractivity contribution >= 4 is 5.91 Å². The van der Waals surface area contributed by atoms with Gasteiger partial charge in [0.2, 0.25) is 12.7 Å². The van der Waals surface area contributed by atoms with E-state index in [1.54, 1.807) is 0 Å². The quantitative estimate of drug-likeness (QED) is 0.870. The zero-order valence-corrected chi connectivity index (χ0v) is 14.7. The molecule has 2 aliphatic rings. The second-order valence-corrected chi connectivity index (χ2v) is 7.09. The Morgan fingerprint density at radius 2 is 2.17 bits per heavy atom. The molecule has 132 valence electrons. The molecule has 0 saturated carbocycles. The minimum Gasteiger partial charge on any atom is -0.454 e. The Hall–Kier alpha value is -1.75. The normalized spacial score (nSPS) is 20.4. The van der Waals surface area contributed by atoms with Crippen LogP contribution in [-0.4, -0.2) is 43.3 Å². The molecular weight excluding hydrogens is 304 g/mol. The molecule has 24 heavy (non-hydrogen) atoms. The number of aryl methyl sites for hydroxylation is 1. The molecule has 1 N–H and O–H groups in total. The second kappa shape index (κ2) is 7.88. The van der Waals surface area contributed by atoms with E-state index < -0.39 is 0 Å². The van der Waals surface area contributed by atoms with E-state index in [0.29, 0.717) is 18.4 Å². The third kappa shape index (κ3) is 4.41. The fourth-order valence-electron chi connectivity index (χ4n) is 3.43. The van der Waals surface area contributed by atoms with Crippen molar-refractivity contribution in [2.24, 2.45) is 5.92 Å². The Labute approximate surface area is 144 Å². The first-order chi connectivity index (χ1) is 11.6. The Balaban J connectivity index is 1.40. The summed E-state index contributed by atoms with van der Waals surface area (Å²) >= 11 is 0. The van der Waals surface area contributed by atoms with Crippen LogP contribution in [0.5, 0.6) is 11.5 Å². The number of fused-ring (bicyclic) bond motifs is 1. The summed E-state index contributed by atoms with van der Waals surface area (Å²) < 4.78 is 10.7. The van der Waals surface area contributed by atoms with E-state index in [9.17, 15) is 4.79 Å². The Morgan fingerprint density at radius 1 is 1.33 bits per heavy atom. The molecule has 0 radical (unpaired) electrons. The highest BCUT2D eigenvalue weighted by Gasteiger charge is 2.22. The topological polar surface area (TPSA) is 50.8 Å². The first kappa shape index (κ1) is 17.1. The average molecular weight is 332 g/mol. The number of likely N-dealkylation sites (tertiary alicyclic amines) is 1. The number of ether oxygens (including phenoxy) is 2. The minimum absolute atomic E-state index is 0.134. The van der Waals surface area contributed by atoms with Crippen LogP contribution in [0.2, 0.25) is 0 Å². The van der Waals surface area contributed by atoms with Gasteiger partial charge in [-0.25, -0.2) is 0 Å². The molecule has 1 aromatic rings. The Morgan fingerprint density at radius 3 is 3.00 bits per heavy atom. The summed E-state index contributed by atoms with van der Waals surface area (Å²) in [4.78, 5) is 14.6. The third-order valence-corrected chi connectivity index (χ3v) is 4.95. The van der Waals surface area contributed by atoms with Gasteiger partial charge in [-0.2, -0.15) is 0 Å². The van der Waals surface area contributed by atoms with Gasteiger partial charge in [0, 0.05) is 25.6 Å². The molecule has 3 rings (SSSR count). The van der Waals surface area contributed by atoms with Crippen molar-refractivity contribution in [3.63, 3.8) is 0 Å². The molecule has 1 amide bonds. The maximum atomic E-state index is 12.1. The molecule has 0 aromatic heterocycles. The molecule has 1 saturated heterocycles. The van der Waals surface area contributed by atoms with Gasteiger partial charge in [0.1, 0.15) is 0 Å². The fourth-order valence-corrected chi connectivity index (χ4v) is 3.43. The van der Waals surface area contributed by atoms with Gasteiger partial charge in [-0.15, -0.1) is 0 Å². The lowest BCUT2D eigenvalue weighted by Crippen LogP contribution is -2.43.